The number of likely N-dealkylation sites (N-methyl/N-ethyl adjacent to an activating group) is 1. The number of nitrogens with two attached hydrogens (primary N) is 1. The molecule has 2 N–H and O–H groups in total. The van der Waals surface area contributed by atoms with Crippen molar-refractivity contribution in [3.63, 3.8) is 0 Å². The van der Waals surface area contributed by atoms with Gasteiger partial charge >= 0.3 is 0 Å². The van der Waals surface area contributed by atoms with E-state index in [1.54, 1.807) is 51.4 Å². The van der Waals surface area contributed by atoms with Gasteiger partial charge in [-0.1, -0.05) is 6.07 Å². The fourth-order valence-electron chi connectivity index (χ4n) is 2.11. The number of nitrogens with zero attached hydrogens (tertiary/aromatic N) is 2. The summed E-state index contributed by atoms with van der Waals surface area (Å²) < 4.78 is 27.1. The molecule has 0 spiro atoms. The van der Waals surface area contributed by atoms with Crippen molar-refractivity contribution in [1.82, 2.24) is 9.29 Å². The van der Waals surface area contributed by atoms with E-state index in [2.05, 4.69) is 4.98 Å². The van der Waals surface area contributed by atoms with E-state index in [1.165, 1.54) is 4.31 Å². The molecule has 1 aromatic carbocycles. The first-order chi connectivity index (χ1) is 9.71. The van der Waals surface area contributed by atoms with Crippen LogP contribution >= 0.6 is 0 Å². The largest absolute Gasteiger partial charge is 0.329 e. The van der Waals surface area contributed by atoms with E-state index in [-0.39, 0.29) is 11.4 Å². The van der Waals surface area contributed by atoms with Crippen LogP contribution in [0.2, 0.25) is 0 Å². The van der Waals surface area contributed by atoms with Gasteiger partial charge in [0.15, 0.2) is 0 Å². The smallest absolute Gasteiger partial charge is 0.244 e. The van der Waals surface area contributed by atoms with Gasteiger partial charge in [-0.2, -0.15) is 4.31 Å². The number of pyridine rings is 1. The molecule has 5 nitrogen and oxygen atoms in total. The van der Waals surface area contributed by atoms with Crippen molar-refractivity contribution in [3.8, 4) is 0 Å². The molecule has 2 aromatic rings. The maximum atomic E-state index is 12.9. The van der Waals surface area contributed by atoms with Crippen LogP contribution in [-0.4, -0.2) is 36.8 Å². The molecule has 1 heterocycles. The molecule has 21 heavy (non-hydrogen) atoms. The Balaban J connectivity index is 2.70. The molecule has 0 radical (unpaired) electrons. The van der Waals surface area contributed by atoms with Crippen LogP contribution in [0.15, 0.2) is 35.4 Å². The summed E-state index contributed by atoms with van der Waals surface area (Å²) in [4.78, 5) is 4.55. The summed E-state index contributed by atoms with van der Waals surface area (Å²) in [5.74, 6) is 0. The number of sulfonamides is 1. The molecule has 0 aliphatic rings. The normalized spacial score (nSPS) is 13.0. The van der Waals surface area contributed by atoms with Crippen LogP contribution in [0.1, 0.15) is 19.4 Å². The molecule has 0 atom stereocenters. The maximum absolute atomic E-state index is 12.9. The Hall–Kier alpha value is -1.50. The van der Waals surface area contributed by atoms with Gasteiger partial charge in [0.05, 0.1) is 10.4 Å². The Labute approximate surface area is 125 Å². The van der Waals surface area contributed by atoms with E-state index in [4.69, 9.17) is 5.73 Å². The van der Waals surface area contributed by atoms with Gasteiger partial charge in [0.2, 0.25) is 10.0 Å². The van der Waals surface area contributed by atoms with Gasteiger partial charge in [-0.3, -0.25) is 4.98 Å². The van der Waals surface area contributed by atoms with Crippen molar-refractivity contribution in [1.29, 1.82) is 0 Å². The molecule has 0 unspecified atom stereocenters. The minimum Gasteiger partial charge on any atom is -0.329 e. The Bertz CT molecular complexity index is 770. The van der Waals surface area contributed by atoms with Crippen molar-refractivity contribution in [2.24, 2.45) is 5.73 Å². The topological polar surface area (TPSA) is 76.3 Å². The van der Waals surface area contributed by atoms with Crippen LogP contribution in [0, 0.1) is 6.92 Å². The summed E-state index contributed by atoms with van der Waals surface area (Å²) in [7, 11) is -2.08. The summed E-state index contributed by atoms with van der Waals surface area (Å²) in [5, 5.41) is 0.636. The van der Waals surface area contributed by atoms with E-state index in [1.807, 2.05) is 6.92 Å². The summed E-state index contributed by atoms with van der Waals surface area (Å²) in [6.45, 7) is 5.77. The molecule has 0 saturated carbocycles. The van der Waals surface area contributed by atoms with Gasteiger partial charge < -0.3 is 5.73 Å². The van der Waals surface area contributed by atoms with Crippen LogP contribution in [0.3, 0.4) is 0 Å². The van der Waals surface area contributed by atoms with E-state index in [0.29, 0.717) is 10.9 Å². The lowest BCUT2D eigenvalue weighted by Gasteiger charge is -2.33. The Kier molecular flexibility index (Phi) is 4.06. The molecule has 1 aromatic heterocycles. The first-order valence-electron chi connectivity index (χ1n) is 6.75. The van der Waals surface area contributed by atoms with Gasteiger partial charge in [-0.25, -0.2) is 8.42 Å². The average Bonchev–Trinajstić information content (AvgIpc) is 2.46. The highest BCUT2D eigenvalue weighted by molar-refractivity contribution is 7.89. The van der Waals surface area contributed by atoms with Crippen LogP contribution in [0.4, 0.5) is 0 Å². The lowest BCUT2D eigenvalue weighted by Crippen LogP contribution is -2.49. The third kappa shape index (κ3) is 2.66. The predicted molar refractivity (Wildman–Crippen MR) is 84.6 cm³/mol. The second kappa shape index (κ2) is 5.36. The molecule has 114 valence electrons. The lowest BCUT2D eigenvalue weighted by molar-refractivity contribution is 0.274. The monoisotopic (exact) mass is 307 g/mol. The van der Waals surface area contributed by atoms with E-state index in [0.717, 1.165) is 5.56 Å². The minimum atomic E-state index is -3.64. The molecule has 0 aliphatic carbocycles. The molecule has 6 heteroatoms. The lowest BCUT2D eigenvalue weighted by atomic mass is 10.1. The number of aromatic nitrogens is 1. The van der Waals surface area contributed by atoms with E-state index < -0.39 is 15.6 Å². The van der Waals surface area contributed by atoms with Crippen molar-refractivity contribution < 1.29 is 8.42 Å². The number of hydrogen-bond donors (Lipinski definition) is 1. The molecule has 0 amide bonds. The second-order valence-electron chi connectivity index (χ2n) is 5.77. The molecule has 0 aliphatic heterocycles. The molecule has 2 rings (SSSR count). The first kappa shape index (κ1) is 15.9. The molecular weight excluding hydrogens is 286 g/mol. The zero-order valence-electron chi connectivity index (χ0n) is 12.8. The van der Waals surface area contributed by atoms with Gasteiger partial charge in [-0.05, 0) is 44.5 Å². The number of aryl methyl sites for hydroxylation is 1. The maximum Gasteiger partial charge on any atom is 0.244 e. The summed E-state index contributed by atoms with van der Waals surface area (Å²) in [6, 6.07) is 6.95. The summed E-state index contributed by atoms with van der Waals surface area (Å²) in [6.07, 6.45) is 1.67. The van der Waals surface area contributed by atoms with Gasteiger partial charge in [0.1, 0.15) is 0 Å². The van der Waals surface area contributed by atoms with Crippen LogP contribution < -0.4 is 5.73 Å². The Morgan fingerprint density at radius 3 is 2.57 bits per heavy atom. The Morgan fingerprint density at radius 1 is 1.29 bits per heavy atom. The molecule has 0 fully saturated rings. The molecule has 0 bridgehead atoms. The predicted octanol–water partition coefficient (Wildman–Crippen LogP) is 1.90. The fourth-order valence-corrected chi connectivity index (χ4v) is 3.82. The van der Waals surface area contributed by atoms with Crippen molar-refractivity contribution in [3.05, 3.63) is 36.0 Å². The second-order valence-corrected chi connectivity index (χ2v) is 7.71. The number of benzene rings is 1. The molecular formula is C15H21N3O2S. The Morgan fingerprint density at radius 2 is 1.95 bits per heavy atom. The number of rotatable bonds is 4. The van der Waals surface area contributed by atoms with Crippen molar-refractivity contribution >= 4 is 20.9 Å². The number of fused-ring (bicyclic) bond motifs is 1. The summed E-state index contributed by atoms with van der Waals surface area (Å²) in [5.41, 5.74) is 6.70. The SMILES string of the molecule is Cc1ccc(S(=O)(=O)N(C)C(C)(C)CN)c2cccnc12. The number of hydrogen-bond acceptors (Lipinski definition) is 4. The van der Waals surface area contributed by atoms with Crippen molar-refractivity contribution in [2.45, 2.75) is 31.2 Å². The summed E-state index contributed by atoms with van der Waals surface area (Å²) >= 11 is 0. The third-order valence-corrected chi connectivity index (χ3v) is 6.05. The minimum absolute atomic E-state index is 0.241. The van der Waals surface area contributed by atoms with Crippen molar-refractivity contribution in [2.75, 3.05) is 13.6 Å². The standard InChI is InChI=1S/C15H21N3O2S/c1-11-7-8-13(12-6-5-9-17-14(11)12)21(19,20)18(4)15(2,3)10-16/h5-9H,10,16H2,1-4H3. The van der Waals surface area contributed by atoms with Crippen LogP contribution in [-0.2, 0) is 10.0 Å². The average molecular weight is 307 g/mol. The zero-order valence-corrected chi connectivity index (χ0v) is 13.6. The van der Waals surface area contributed by atoms with Crippen LogP contribution in [0.25, 0.3) is 10.9 Å². The first-order valence-corrected chi connectivity index (χ1v) is 8.19. The fraction of sp³-hybridized carbons (Fsp3) is 0.400. The van der Waals surface area contributed by atoms with Gasteiger partial charge in [0.25, 0.3) is 0 Å². The highest BCUT2D eigenvalue weighted by Crippen LogP contribution is 2.29. The zero-order chi connectivity index (χ0) is 15.8. The van der Waals surface area contributed by atoms with E-state index >= 15 is 0 Å². The third-order valence-electron chi connectivity index (χ3n) is 3.92. The highest BCUT2D eigenvalue weighted by Gasteiger charge is 2.34. The molecule has 0 saturated heterocycles. The van der Waals surface area contributed by atoms with E-state index in [9.17, 15) is 8.42 Å². The quantitative estimate of drug-likeness (QED) is 0.936. The van der Waals surface area contributed by atoms with Gasteiger partial charge in [-0.15, -0.1) is 0 Å². The van der Waals surface area contributed by atoms with Crippen LogP contribution in [0.5, 0.6) is 0 Å². The highest BCUT2D eigenvalue weighted by atomic mass is 32.2. The van der Waals surface area contributed by atoms with Gasteiger partial charge in [0, 0.05) is 30.7 Å².